The van der Waals surface area contributed by atoms with Crippen LogP contribution in [0, 0.1) is 0 Å². The summed E-state index contributed by atoms with van der Waals surface area (Å²) in [5, 5.41) is 0. The largest absolute Gasteiger partial charge is 0.462 e. The molecule has 0 N–H and O–H groups in total. The van der Waals surface area contributed by atoms with E-state index in [2.05, 4.69) is 57.2 Å². The Morgan fingerprint density at radius 3 is 0.737 bits per heavy atom. The maximum atomic E-state index is 12.9. The molecule has 0 saturated heterocycles. The fourth-order valence-corrected chi connectivity index (χ4v) is 10.2. The summed E-state index contributed by atoms with van der Waals surface area (Å²) in [7, 11) is 0. The lowest BCUT2D eigenvalue weighted by molar-refractivity contribution is -0.167. The lowest BCUT2D eigenvalue weighted by atomic mass is 10.0. The molecule has 0 rings (SSSR count). The van der Waals surface area contributed by atoms with E-state index in [9.17, 15) is 14.4 Å². The standard InChI is InChI=1S/C70H130O6/c1-4-7-10-13-16-19-21-23-25-27-28-29-30-31-32-33-34-35-36-37-38-39-40-41-42-43-45-46-48-51-54-57-60-63-69(72)75-66-67(65-74-68(71)62-59-56-53-50-18-15-12-9-6-3)76-70(73)64-61-58-55-52-49-47-44-26-24-22-20-17-14-11-8-5-2/h21,23,26-28,44,67H,4-20,22,24-25,29-43,45-66H2,1-3H3/b23-21-,28-27-,44-26-. The molecular formula is C70H130O6. The molecule has 6 nitrogen and oxygen atoms in total. The van der Waals surface area contributed by atoms with Crippen molar-refractivity contribution >= 4 is 17.9 Å². The molecular weight excluding hydrogens is 937 g/mol. The summed E-state index contributed by atoms with van der Waals surface area (Å²) in [6, 6.07) is 0. The van der Waals surface area contributed by atoms with Crippen LogP contribution in [0.25, 0.3) is 0 Å². The van der Waals surface area contributed by atoms with Crippen LogP contribution in [-0.4, -0.2) is 37.2 Å². The Labute approximate surface area is 474 Å². The van der Waals surface area contributed by atoms with Crippen LogP contribution in [0.5, 0.6) is 0 Å². The van der Waals surface area contributed by atoms with Gasteiger partial charge in [0.05, 0.1) is 0 Å². The Morgan fingerprint density at radius 1 is 0.263 bits per heavy atom. The highest BCUT2D eigenvalue weighted by molar-refractivity contribution is 5.71. The smallest absolute Gasteiger partial charge is 0.306 e. The van der Waals surface area contributed by atoms with Crippen LogP contribution >= 0.6 is 0 Å². The maximum absolute atomic E-state index is 12.9. The molecule has 0 amide bonds. The maximum Gasteiger partial charge on any atom is 0.306 e. The van der Waals surface area contributed by atoms with Crippen molar-refractivity contribution in [2.75, 3.05) is 13.2 Å². The van der Waals surface area contributed by atoms with Crippen molar-refractivity contribution in [3.63, 3.8) is 0 Å². The molecule has 76 heavy (non-hydrogen) atoms. The Morgan fingerprint density at radius 2 is 0.474 bits per heavy atom. The molecule has 0 aromatic heterocycles. The molecule has 0 saturated carbocycles. The van der Waals surface area contributed by atoms with Gasteiger partial charge in [0.15, 0.2) is 6.10 Å². The number of unbranched alkanes of at least 4 members (excludes halogenated alkanes) is 46. The summed E-state index contributed by atoms with van der Waals surface area (Å²) in [5.74, 6) is -0.858. The van der Waals surface area contributed by atoms with E-state index in [1.165, 1.54) is 263 Å². The zero-order chi connectivity index (χ0) is 55.0. The molecule has 1 unspecified atom stereocenters. The molecule has 0 bridgehead atoms. The highest BCUT2D eigenvalue weighted by Gasteiger charge is 2.19. The second-order valence-corrected chi connectivity index (χ2v) is 23.1. The second-order valence-electron chi connectivity index (χ2n) is 23.1. The molecule has 0 aliphatic carbocycles. The Bertz CT molecular complexity index is 1270. The average molecular weight is 1070 g/mol. The molecule has 0 radical (unpaired) electrons. The highest BCUT2D eigenvalue weighted by atomic mass is 16.6. The zero-order valence-electron chi connectivity index (χ0n) is 51.3. The van der Waals surface area contributed by atoms with Gasteiger partial charge >= 0.3 is 17.9 Å². The van der Waals surface area contributed by atoms with E-state index >= 15 is 0 Å². The van der Waals surface area contributed by atoms with Crippen LogP contribution in [0.1, 0.15) is 374 Å². The molecule has 6 heteroatoms. The third-order valence-electron chi connectivity index (χ3n) is 15.4. The van der Waals surface area contributed by atoms with E-state index in [0.717, 1.165) is 70.6 Å². The van der Waals surface area contributed by atoms with Gasteiger partial charge < -0.3 is 14.2 Å². The van der Waals surface area contributed by atoms with E-state index in [1.54, 1.807) is 0 Å². The first kappa shape index (κ1) is 73.6. The summed E-state index contributed by atoms with van der Waals surface area (Å²) in [5.41, 5.74) is 0. The lowest BCUT2D eigenvalue weighted by Crippen LogP contribution is -2.30. The SMILES string of the molecule is CCCCCCC/C=C\C/C=C\CCCCCCCCCCCCCCCCCCCCCCCC(=O)OCC(COC(=O)CCCCCCCCCCC)OC(=O)CCCCCCC/C=C\CCCCCCCCC. The zero-order valence-corrected chi connectivity index (χ0v) is 51.3. The Hall–Kier alpha value is -2.37. The molecule has 1 atom stereocenters. The fraction of sp³-hybridized carbons (Fsp3) is 0.871. The van der Waals surface area contributed by atoms with E-state index in [-0.39, 0.29) is 31.1 Å². The first-order valence-corrected chi connectivity index (χ1v) is 34.0. The predicted molar refractivity (Wildman–Crippen MR) is 330 cm³/mol. The van der Waals surface area contributed by atoms with E-state index in [1.807, 2.05) is 0 Å². The molecule has 0 heterocycles. The van der Waals surface area contributed by atoms with E-state index < -0.39 is 6.10 Å². The van der Waals surface area contributed by atoms with Crippen molar-refractivity contribution in [3.05, 3.63) is 36.5 Å². The first-order chi connectivity index (χ1) is 37.5. The van der Waals surface area contributed by atoms with Crippen molar-refractivity contribution in [1.82, 2.24) is 0 Å². The van der Waals surface area contributed by atoms with Crippen molar-refractivity contribution in [1.29, 1.82) is 0 Å². The number of rotatable bonds is 63. The van der Waals surface area contributed by atoms with Crippen molar-refractivity contribution in [3.8, 4) is 0 Å². The topological polar surface area (TPSA) is 78.9 Å². The minimum absolute atomic E-state index is 0.0698. The summed E-state index contributed by atoms with van der Waals surface area (Å²) < 4.78 is 16.9. The molecule has 0 fully saturated rings. The third kappa shape index (κ3) is 62.5. The number of ether oxygens (including phenoxy) is 3. The summed E-state index contributed by atoms with van der Waals surface area (Å²) >= 11 is 0. The molecule has 0 aromatic carbocycles. The number of hydrogen-bond donors (Lipinski definition) is 0. The molecule has 0 aliphatic rings. The van der Waals surface area contributed by atoms with Gasteiger partial charge in [-0.3, -0.25) is 14.4 Å². The summed E-state index contributed by atoms with van der Waals surface area (Å²) in [6.45, 7) is 6.65. The Balaban J connectivity index is 4.02. The molecule has 0 aromatic rings. The van der Waals surface area contributed by atoms with Crippen LogP contribution in [0.15, 0.2) is 36.5 Å². The van der Waals surface area contributed by atoms with Crippen LogP contribution < -0.4 is 0 Å². The molecule has 0 spiro atoms. The van der Waals surface area contributed by atoms with Gasteiger partial charge in [-0.1, -0.05) is 314 Å². The van der Waals surface area contributed by atoms with Gasteiger partial charge in [-0.2, -0.15) is 0 Å². The highest BCUT2D eigenvalue weighted by Crippen LogP contribution is 2.18. The average Bonchev–Trinajstić information content (AvgIpc) is 3.42. The van der Waals surface area contributed by atoms with Gasteiger partial charge in [-0.25, -0.2) is 0 Å². The predicted octanol–water partition coefficient (Wildman–Crippen LogP) is 23.2. The van der Waals surface area contributed by atoms with Crippen molar-refractivity contribution < 1.29 is 28.6 Å². The van der Waals surface area contributed by atoms with Crippen molar-refractivity contribution in [2.45, 2.75) is 380 Å². The van der Waals surface area contributed by atoms with Crippen molar-refractivity contribution in [2.24, 2.45) is 0 Å². The van der Waals surface area contributed by atoms with Crippen LogP contribution in [0.4, 0.5) is 0 Å². The summed E-state index contributed by atoms with van der Waals surface area (Å²) in [6.07, 6.45) is 80.5. The second kappa shape index (κ2) is 65.2. The minimum atomic E-state index is -0.771. The summed E-state index contributed by atoms with van der Waals surface area (Å²) in [4.78, 5) is 38.2. The van der Waals surface area contributed by atoms with E-state index in [4.69, 9.17) is 14.2 Å². The monoisotopic (exact) mass is 1070 g/mol. The van der Waals surface area contributed by atoms with E-state index in [0.29, 0.717) is 19.3 Å². The number of allylic oxidation sites excluding steroid dienone is 6. The molecule has 446 valence electrons. The number of hydrogen-bond acceptors (Lipinski definition) is 6. The number of esters is 3. The van der Waals surface area contributed by atoms with Gasteiger partial charge in [-0.05, 0) is 77.0 Å². The fourth-order valence-electron chi connectivity index (χ4n) is 10.2. The first-order valence-electron chi connectivity index (χ1n) is 34.0. The number of carbonyl (C=O) groups excluding carboxylic acids is 3. The van der Waals surface area contributed by atoms with Gasteiger partial charge in [0.25, 0.3) is 0 Å². The third-order valence-corrected chi connectivity index (χ3v) is 15.4. The van der Waals surface area contributed by atoms with Crippen LogP contribution in [0.3, 0.4) is 0 Å². The molecule has 0 aliphatic heterocycles. The lowest BCUT2D eigenvalue weighted by Gasteiger charge is -2.18. The van der Waals surface area contributed by atoms with Gasteiger partial charge in [0, 0.05) is 19.3 Å². The van der Waals surface area contributed by atoms with Crippen LogP contribution in [-0.2, 0) is 28.6 Å². The Kier molecular flexibility index (Phi) is 63.1. The number of carbonyl (C=O) groups is 3. The van der Waals surface area contributed by atoms with Gasteiger partial charge in [0.1, 0.15) is 13.2 Å². The van der Waals surface area contributed by atoms with Crippen LogP contribution in [0.2, 0.25) is 0 Å². The normalized spacial score (nSPS) is 12.2. The minimum Gasteiger partial charge on any atom is -0.462 e. The quantitative estimate of drug-likeness (QED) is 0.0261. The van der Waals surface area contributed by atoms with Gasteiger partial charge in [0.2, 0.25) is 0 Å². The van der Waals surface area contributed by atoms with Gasteiger partial charge in [-0.15, -0.1) is 0 Å².